The zero-order valence-electron chi connectivity index (χ0n) is 13.9. The molecule has 7 nitrogen and oxygen atoms in total. The first kappa shape index (κ1) is 19.1. The van der Waals surface area contributed by atoms with Gasteiger partial charge in [0.25, 0.3) is 5.56 Å². The summed E-state index contributed by atoms with van der Waals surface area (Å²) in [5.74, 6) is -0.396. The van der Waals surface area contributed by atoms with Crippen LogP contribution in [0.4, 0.5) is 5.69 Å². The molecule has 1 aromatic heterocycles. The number of rotatable bonds is 5. The lowest BCUT2D eigenvalue weighted by atomic mass is 10.3. The molecule has 0 unspecified atom stereocenters. The molecule has 1 saturated heterocycles. The van der Waals surface area contributed by atoms with Gasteiger partial charge in [-0.05, 0) is 53.6 Å². The van der Waals surface area contributed by atoms with E-state index in [2.05, 4.69) is 27.9 Å². The molecule has 0 atom stereocenters. The third-order valence-electron chi connectivity index (χ3n) is 4.12. The Labute approximate surface area is 165 Å². The highest BCUT2D eigenvalue weighted by Gasteiger charge is 2.27. The van der Waals surface area contributed by atoms with Crippen molar-refractivity contribution in [3.8, 4) is 0 Å². The number of pyridine rings is 1. The molecule has 1 aromatic carbocycles. The predicted octanol–water partition coefficient (Wildman–Crippen LogP) is 1.88. The average Bonchev–Trinajstić information content (AvgIpc) is 3.14. The van der Waals surface area contributed by atoms with E-state index < -0.39 is 21.5 Å². The van der Waals surface area contributed by atoms with Crippen molar-refractivity contribution in [1.29, 1.82) is 0 Å². The predicted molar refractivity (Wildman–Crippen MR) is 106 cm³/mol. The molecule has 1 amide bonds. The number of benzene rings is 1. The fourth-order valence-electron chi connectivity index (χ4n) is 2.77. The summed E-state index contributed by atoms with van der Waals surface area (Å²) in [6.07, 6.45) is 2.90. The Balaban J connectivity index is 1.81. The summed E-state index contributed by atoms with van der Waals surface area (Å²) >= 11 is 2.10. The van der Waals surface area contributed by atoms with Crippen LogP contribution in [0.1, 0.15) is 12.8 Å². The minimum Gasteiger partial charge on any atom is -0.324 e. The molecular weight excluding hydrogens is 469 g/mol. The van der Waals surface area contributed by atoms with Gasteiger partial charge in [-0.15, -0.1) is 0 Å². The number of hydrogen-bond donors (Lipinski definition) is 1. The van der Waals surface area contributed by atoms with E-state index >= 15 is 0 Å². The smallest absolute Gasteiger partial charge is 0.251 e. The van der Waals surface area contributed by atoms with Crippen molar-refractivity contribution in [3.05, 3.63) is 56.5 Å². The Morgan fingerprint density at radius 2 is 1.81 bits per heavy atom. The van der Waals surface area contributed by atoms with Gasteiger partial charge in [-0.3, -0.25) is 9.59 Å². The third kappa shape index (κ3) is 4.15. The van der Waals surface area contributed by atoms with Gasteiger partial charge in [0.05, 0.1) is 10.6 Å². The maximum absolute atomic E-state index is 12.6. The van der Waals surface area contributed by atoms with Gasteiger partial charge in [0.15, 0.2) is 0 Å². The van der Waals surface area contributed by atoms with Crippen LogP contribution in [0.15, 0.2) is 52.3 Å². The number of amides is 1. The Morgan fingerprint density at radius 1 is 1.12 bits per heavy atom. The molecule has 9 heteroatoms. The molecule has 1 aliphatic heterocycles. The number of hydrogen-bond acceptors (Lipinski definition) is 4. The largest absolute Gasteiger partial charge is 0.324 e. The molecule has 0 saturated carbocycles. The lowest BCUT2D eigenvalue weighted by Crippen LogP contribution is -2.31. The zero-order chi connectivity index (χ0) is 18.7. The third-order valence-corrected chi connectivity index (χ3v) is 6.94. The molecule has 26 heavy (non-hydrogen) atoms. The van der Waals surface area contributed by atoms with Crippen molar-refractivity contribution in [2.45, 2.75) is 24.3 Å². The summed E-state index contributed by atoms with van der Waals surface area (Å²) in [5, 5.41) is 2.73. The molecule has 2 aromatic rings. The molecular formula is C17H18IN3O4S. The van der Waals surface area contributed by atoms with E-state index in [9.17, 15) is 18.0 Å². The summed E-state index contributed by atoms with van der Waals surface area (Å²) in [4.78, 5) is 24.3. The number of para-hydroxylation sites is 1. The molecule has 3 rings (SSSR count). The quantitative estimate of drug-likeness (QED) is 0.653. The topological polar surface area (TPSA) is 88.5 Å². The molecule has 0 spiro atoms. The molecule has 0 aliphatic carbocycles. The van der Waals surface area contributed by atoms with Gasteiger partial charge < -0.3 is 9.88 Å². The van der Waals surface area contributed by atoms with E-state index in [0.29, 0.717) is 18.8 Å². The first-order valence-corrected chi connectivity index (χ1v) is 10.6. The van der Waals surface area contributed by atoms with E-state index in [1.54, 1.807) is 12.1 Å². The van der Waals surface area contributed by atoms with Crippen LogP contribution in [-0.2, 0) is 21.4 Å². The number of sulfonamides is 1. The van der Waals surface area contributed by atoms with E-state index in [-0.39, 0.29) is 11.4 Å². The lowest BCUT2D eigenvalue weighted by Gasteiger charge is -2.16. The van der Waals surface area contributed by atoms with Crippen LogP contribution in [0, 0.1) is 3.57 Å². The van der Waals surface area contributed by atoms with E-state index in [1.165, 1.54) is 22.6 Å². The van der Waals surface area contributed by atoms with Gasteiger partial charge in [-0.1, -0.05) is 12.1 Å². The van der Waals surface area contributed by atoms with Gasteiger partial charge in [0.1, 0.15) is 6.54 Å². The van der Waals surface area contributed by atoms with Crippen LogP contribution in [0.2, 0.25) is 0 Å². The second kappa shape index (κ2) is 7.89. The number of carbonyl (C=O) groups is 1. The molecule has 2 heterocycles. The SMILES string of the molecule is O=C(Cn1cc(S(=O)(=O)N2CCCC2)ccc1=O)Nc1ccccc1I. The standard InChI is InChI=1S/C17H18IN3O4S/c18-14-5-1-2-6-15(14)19-16(22)12-20-11-13(7-8-17(20)23)26(24,25)21-9-3-4-10-21/h1-2,5-8,11H,3-4,9-10,12H2,(H,19,22). The number of halogens is 1. The van der Waals surface area contributed by atoms with Gasteiger partial charge in [0, 0.05) is 28.9 Å². The van der Waals surface area contributed by atoms with Gasteiger partial charge in [-0.25, -0.2) is 8.42 Å². The molecule has 1 N–H and O–H groups in total. The van der Waals surface area contributed by atoms with Gasteiger partial charge in [0.2, 0.25) is 15.9 Å². The normalized spacial score (nSPS) is 15.1. The maximum Gasteiger partial charge on any atom is 0.251 e. The highest BCUT2D eigenvalue weighted by Crippen LogP contribution is 2.20. The summed E-state index contributed by atoms with van der Waals surface area (Å²) in [5.41, 5.74) is 0.218. The molecule has 1 fully saturated rings. The molecule has 0 radical (unpaired) electrons. The van der Waals surface area contributed by atoms with Crippen LogP contribution in [0.25, 0.3) is 0 Å². The highest BCUT2D eigenvalue weighted by atomic mass is 127. The molecule has 0 bridgehead atoms. The summed E-state index contributed by atoms with van der Waals surface area (Å²) < 4.78 is 28.7. The van der Waals surface area contributed by atoms with Gasteiger partial charge >= 0.3 is 0 Å². The van der Waals surface area contributed by atoms with Crippen LogP contribution in [0.3, 0.4) is 0 Å². The van der Waals surface area contributed by atoms with Crippen LogP contribution >= 0.6 is 22.6 Å². The van der Waals surface area contributed by atoms with Crippen molar-refractivity contribution in [2.75, 3.05) is 18.4 Å². The first-order chi connectivity index (χ1) is 12.4. The Bertz CT molecular complexity index is 981. The summed E-state index contributed by atoms with van der Waals surface area (Å²) in [7, 11) is -3.64. The fraction of sp³-hybridized carbons (Fsp3) is 0.294. The minimum absolute atomic E-state index is 0.0288. The van der Waals surface area contributed by atoms with Crippen LogP contribution < -0.4 is 10.9 Å². The van der Waals surface area contributed by atoms with E-state index in [4.69, 9.17) is 0 Å². The van der Waals surface area contributed by atoms with Crippen molar-refractivity contribution in [1.82, 2.24) is 8.87 Å². The highest BCUT2D eigenvalue weighted by molar-refractivity contribution is 14.1. The van der Waals surface area contributed by atoms with Crippen molar-refractivity contribution in [3.63, 3.8) is 0 Å². The Hall–Kier alpha value is -1.72. The van der Waals surface area contributed by atoms with E-state index in [1.807, 2.05) is 12.1 Å². The van der Waals surface area contributed by atoms with E-state index in [0.717, 1.165) is 21.0 Å². The van der Waals surface area contributed by atoms with Crippen molar-refractivity contribution in [2.24, 2.45) is 0 Å². The molecule has 138 valence electrons. The average molecular weight is 487 g/mol. The second-order valence-corrected chi connectivity index (χ2v) is 9.07. The molecule has 1 aliphatic rings. The first-order valence-electron chi connectivity index (χ1n) is 8.13. The number of anilines is 1. The fourth-order valence-corrected chi connectivity index (χ4v) is 4.83. The summed E-state index contributed by atoms with van der Waals surface area (Å²) in [6, 6.07) is 9.75. The second-order valence-electron chi connectivity index (χ2n) is 5.97. The van der Waals surface area contributed by atoms with Crippen LogP contribution in [-0.4, -0.2) is 36.3 Å². The number of carbonyl (C=O) groups excluding carboxylic acids is 1. The van der Waals surface area contributed by atoms with Gasteiger partial charge in [-0.2, -0.15) is 4.31 Å². The Morgan fingerprint density at radius 3 is 2.50 bits per heavy atom. The number of nitrogens with one attached hydrogen (secondary N) is 1. The Kier molecular flexibility index (Phi) is 5.78. The minimum atomic E-state index is -3.64. The van der Waals surface area contributed by atoms with Crippen molar-refractivity contribution < 1.29 is 13.2 Å². The van der Waals surface area contributed by atoms with Crippen LogP contribution in [0.5, 0.6) is 0 Å². The lowest BCUT2D eigenvalue weighted by molar-refractivity contribution is -0.116. The monoisotopic (exact) mass is 487 g/mol. The van der Waals surface area contributed by atoms with Crippen molar-refractivity contribution >= 4 is 44.2 Å². The zero-order valence-corrected chi connectivity index (χ0v) is 16.9. The number of nitrogens with zero attached hydrogens (tertiary/aromatic N) is 2. The summed E-state index contributed by atoms with van der Waals surface area (Å²) in [6.45, 7) is 0.704. The number of aromatic nitrogens is 1. The maximum atomic E-state index is 12.6.